The first-order valence-electron chi connectivity index (χ1n) is 7.78. The summed E-state index contributed by atoms with van der Waals surface area (Å²) < 4.78 is 54.8. The van der Waals surface area contributed by atoms with E-state index in [9.17, 15) is 22.4 Å². The average molecular weight is 356 g/mol. The highest BCUT2D eigenvalue weighted by Gasteiger charge is 2.39. The smallest absolute Gasteiger partial charge is 0.319 e. The van der Waals surface area contributed by atoms with Gasteiger partial charge in [-0.05, 0) is 37.1 Å². The first-order valence-corrected chi connectivity index (χ1v) is 7.78. The molecule has 1 aliphatic heterocycles. The molecular formula is C16H16F4N4O. The molecule has 134 valence electrons. The van der Waals surface area contributed by atoms with Crippen molar-refractivity contribution in [2.75, 3.05) is 11.9 Å². The molecule has 1 aromatic carbocycles. The number of carbonyl (C=O) groups is 1. The number of anilines is 1. The molecule has 2 heterocycles. The van der Waals surface area contributed by atoms with Crippen LogP contribution < -0.4 is 10.6 Å². The SMILES string of the molecule is CCn1cc(C(=O)Nc2ccc3c(c2F)CCNC3)c(C(F)(F)F)n1. The fraction of sp³-hybridized carbons (Fsp3) is 0.375. The topological polar surface area (TPSA) is 59.0 Å². The number of nitrogens with zero attached hydrogens (tertiary/aromatic N) is 2. The Bertz CT molecular complexity index is 813. The Morgan fingerprint density at radius 3 is 2.84 bits per heavy atom. The molecule has 0 unspecified atom stereocenters. The third-order valence-electron chi connectivity index (χ3n) is 4.05. The van der Waals surface area contributed by atoms with Gasteiger partial charge >= 0.3 is 6.18 Å². The lowest BCUT2D eigenvalue weighted by Crippen LogP contribution is -2.25. The van der Waals surface area contributed by atoms with Crippen LogP contribution in [0.25, 0.3) is 0 Å². The van der Waals surface area contributed by atoms with Gasteiger partial charge in [-0.15, -0.1) is 0 Å². The van der Waals surface area contributed by atoms with Crippen molar-refractivity contribution >= 4 is 11.6 Å². The number of aryl methyl sites for hydroxylation is 1. The van der Waals surface area contributed by atoms with Gasteiger partial charge in [-0.25, -0.2) is 4.39 Å². The molecule has 5 nitrogen and oxygen atoms in total. The van der Waals surface area contributed by atoms with E-state index in [4.69, 9.17) is 0 Å². The second-order valence-electron chi connectivity index (χ2n) is 5.69. The fourth-order valence-electron chi connectivity index (χ4n) is 2.78. The van der Waals surface area contributed by atoms with Crippen molar-refractivity contribution in [2.45, 2.75) is 32.6 Å². The van der Waals surface area contributed by atoms with E-state index in [-0.39, 0.29) is 12.2 Å². The minimum absolute atomic E-state index is 0.136. The lowest BCUT2D eigenvalue weighted by atomic mass is 9.99. The van der Waals surface area contributed by atoms with Crippen LogP contribution in [0.5, 0.6) is 0 Å². The lowest BCUT2D eigenvalue weighted by Gasteiger charge is -2.19. The number of rotatable bonds is 3. The van der Waals surface area contributed by atoms with Crippen LogP contribution in [0.4, 0.5) is 23.2 Å². The molecule has 0 aliphatic carbocycles. The second-order valence-corrected chi connectivity index (χ2v) is 5.69. The summed E-state index contributed by atoms with van der Waals surface area (Å²) in [5.74, 6) is -1.65. The Balaban J connectivity index is 1.92. The number of alkyl halides is 3. The van der Waals surface area contributed by atoms with Gasteiger partial charge < -0.3 is 10.6 Å². The third kappa shape index (κ3) is 3.37. The first-order chi connectivity index (χ1) is 11.8. The number of nitrogens with one attached hydrogen (secondary N) is 2. The summed E-state index contributed by atoms with van der Waals surface area (Å²) in [5.41, 5.74) is -0.807. The highest BCUT2D eigenvalue weighted by atomic mass is 19.4. The van der Waals surface area contributed by atoms with Crippen molar-refractivity contribution in [3.8, 4) is 0 Å². The molecule has 0 fully saturated rings. The third-order valence-corrected chi connectivity index (χ3v) is 4.05. The summed E-state index contributed by atoms with van der Waals surface area (Å²) in [6.45, 7) is 2.90. The van der Waals surface area contributed by atoms with Gasteiger partial charge in [-0.3, -0.25) is 9.48 Å². The zero-order valence-electron chi connectivity index (χ0n) is 13.4. The average Bonchev–Trinajstić information content (AvgIpc) is 3.02. The Hall–Kier alpha value is -2.42. The maximum Gasteiger partial charge on any atom is 0.435 e. The largest absolute Gasteiger partial charge is 0.435 e. The van der Waals surface area contributed by atoms with Crippen LogP contribution in [0, 0.1) is 5.82 Å². The molecular weight excluding hydrogens is 340 g/mol. The van der Waals surface area contributed by atoms with E-state index in [0.29, 0.717) is 25.1 Å². The number of hydrogen-bond acceptors (Lipinski definition) is 3. The Labute approximate surface area is 141 Å². The predicted molar refractivity (Wildman–Crippen MR) is 82.7 cm³/mol. The van der Waals surface area contributed by atoms with Crippen LogP contribution in [0.2, 0.25) is 0 Å². The van der Waals surface area contributed by atoms with Crippen molar-refractivity contribution in [3.05, 3.63) is 46.5 Å². The quantitative estimate of drug-likeness (QED) is 0.832. The lowest BCUT2D eigenvalue weighted by molar-refractivity contribution is -0.141. The Morgan fingerprint density at radius 1 is 1.40 bits per heavy atom. The van der Waals surface area contributed by atoms with E-state index in [2.05, 4.69) is 15.7 Å². The zero-order valence-corrected chi connectivity index (χ0v) is 13.4. The molecule has 0 bridgehead atoms. The molecule has 2 N–H and O–H groups in total. The second kappa shape index (κ2) is 6.47. The van der Waals surface area contributed by atoms with Gasteiger partial charge in [0.2, 0.25) is 0 Å². The summed E-state index contributed by atoms with van der Waals surface area (Å²) in [5, 5.41) is 8.72. The van der Waals surface area contributed by atoms with Crippen LogP contribution in [0.15, 0.2) is 18.3 Å². The number of amides is 1. The van der Waals surface area contributed by atoms with Crippen LogP contribution >= 0.6 is 0 Å². The normalized spacial score (nSPS) is 14.3. The van der Waals surface area contributed by atoms with Crippen LogP contribution in [0.3, 0.4) is 0 Å². The van der Waals surface area contributed by atoms with E-state index in [1.54, 1.807) is 13.0 Å². The number of carbonyl (C=O) groups excluding carboxylic acids is 1. The summed E-state index contributed by atoms with van der Waals surface area (Å²) in [6, 6.07) is 3.01. The monoisotopic (exact) mass is 356 g/mol. The van der Waals surface area contributed by atoms with Gasteiger partial charge in [0, 0.05) is 19.3 Å². The highest BCUT2D eigenvalue weighted by molar-refractivity contribution is 6.05. The van der Waals surface area contributed by atoms with Gasteiger partial charge in [0.15, 0.2) is 5.69 Å². The van der Waals surface area contributed by atoms with E-state index < -0.39 is 29.2 Å². The molecule has 3 rings (SSSR count). The summed E-state index contributed by atoms with van der Waals surface area (Å²) in [6.07, 6.45) is -3.31. The highest BCUT2D eigenvalue weighted by Crippen LogP contribution is 2.31. The molecule has 25 heavy (non-hydrogen) atoms. The molecule has 0 spiro atoms. The molecule has 1 amide bonds. The van der Waals surface area contributed by atoms with Crippen molar-refractivity contribution < 1.29 is 22.4 Å². The van der Waals surface area contributed by atoms with Crippen LogP contribution in [-0.4, -0.2) is 22.2 Å². The minimum atomic E-state index is -4.77. The Morgan fingerprint density at radius 2 is 2.16 bits per heavy atom. The summed E-state index contributed by atoms with van der Waals surface area (Å²) in [7, 11) is 0. The fourth-order valence-corrected chi connectivity index (χ4v) is 2.78. The van der Waals surface area contributed by atoms with Gasteiger partial charge in [0.05, 0.1) is 11.3 Å². The molecule has 0 atom stereocenters. The molecule has 2 aromatic rings. The standard InChI is InChI=1S/C16H16F4N4O/c1-2-24-8-11(14(23-24)16(18,19)20)15(25)22-12-4-3-9-7-21-6-5-10(9)13(12)17/h3-4,8,21H,2,5-7H2,1H3,(H,22,25). The first kappa shape index (κ1) is 17.4. The van der Waals surface area contributed by atoms with E-state index in [1.165, 1.54) is 6.07 Å². The predicted octanol–water partition coefficient (Wildman–Crippen LogP) is 2.96. The number of benzene rings is 1. The molecule has 9 heteroatoms. The molecule has 0 radical (unpaired) electrons. The van der Waals surface area contributed by atoms with Crippen LogP contribution in [0.1, 0.15) is 34.1 Å². The van der Waals surface area contributed by atoms with Gasteiger partial charge in [-0.1, -0.05) is 6.07 Å². The van der Waals surface area contributed by atoms with Gasteiger partial charge in [0.25, 0.3) is 5.91 Å². The van der Waals surface area contributed by atoms with Crippen molar-refractivity contribution in [1.29, 1.82) is 0 Å². The molecule has 1 aliphatic rings. The van der Waals surface area contributed by atoms with Crippen molar-refractivity contribution in [1.82, 2.24) is 15.1 Å². The zero-order chi connectivity index (χ0) is 18.2. The number of fused-ring (bicyclic) bond motifs is 1. The number of hydrogen-bond donors (Lipinski definition) is 2. The summed E-state index contributed by atoms with van der Waals surface area (Å²) in [4.78, 5) is 12.3. The van der Waals surface area contributed by atoms with E-state index in [1.807, 2.05) is 0 Å². The van der Waals surface area contributed by atoms with Gasteiger partial charge in [-0.2, -0.15) is 18.3 Å². The molecule has 0 saturated carbocycles. The van der Waals surface area contributed by atoms with E-state index >= 15 is 0 Å². The maximum absolute atomic E-state index is 14.6. The molecule has 1 aromatic heterocycles. The van der Waals surface area contributed by atoms with Crippen LogP contribution in [-0.2, 0) is 25.7 Å². The van der Waals surface area contributed by atoms with Gasteiger partial charge in [0.1, 0.15) is 5.82 Å². The Kier molecular flexibility index (Phi) is 4.51. The maximum atomic E-state index is 14.6. The van der Waals surface area contributed by atoms with Crippen molar-refractivity contribution in [3.63, 3.8) is 0 Å². The van der Waals surface area contributed by atoms with E-state index in [0.717, 1.165) is 16.4 Å². The molecule has 0 saturated heterocycles. The number of halogens is 4. The van der Waals surface area contributed by atoms with Crippen molar-refractivity contribution in [2.24, 2.45) is 0 Å². The summed E-state index contributed by atoms with van der Waals surface area (Å²) >= 11 is 0. The minimum Gasteiger partial charge on any atom is -0.319 e. The number of aromatic nitrogens is 2.